The molecule has 0 aromatic heterocycles. The Kier molecular flexibility index (Phi) is 6.08. The number of likely N-dealkylation sites (N-methyl/N-ethyl adjacent to an activating group) is 1. The first-order valence-corrected chi connectivity index (χ1v) is 8.33. The summed E-state index contributed by atoms with van der Waals surface area (Å²) in [7, 11) is 0. The summed E-state index contributed by atoms with van der Waals surface area (Å²) in [6.07, 6.45) is 1.44. The van der Waals surface area contributed by atoms with Crippen molar-refractivity contribution in [1.82, 2.24) is 9.80 Å². The third-order valence-corrected chi connectivity index (χ3v) is 4.66. The minimum atomic E-state index is -0.845. The Morgan fingerprint density at radius 3 is 2.48 bits per heavy atom. The van der Waals surface area contributed by atoms with Crippen molar-refractivity contribution in [3.63, 3.8) is 0 Å². The summed E-state index contributed by atoms with van der Waals surface area (Å²) < 4.78 is 0. The van der Waals surface area contributed by atoms with Gasteiger partial charge < -0.3 is 10.0 Å². The molecule has 0 bridgehead atoms. The van der Waals surface area contributed by atoms with Crippen LogP contribution < -0.4 is 0 Å². The van der Waals surface area contributed by atoms with Crippen LogP contribution in [0.5, 0.6) is 0 Å². The van der Waals surface area contributed by atoms with Crippen molar-refractivity contribution >= 4 is 17.6 Å². The Bertz CT molecular complexity index is 668. The number of rotatable bonds is 6. The van der Waals surface area contributed by atoms with Crippen molar-refractivity contribution in [2.45, 2.75) is 32.7 Å². The van der Waals surface area contributed by atoms with Gasteiger partial charge in [0, 0.05) is 36.8 Å². The van der Waals surface area contributed by atoms with Crippen LogP contribution in [0.1, 0.15) is 35.7 Å². The SMILES string of the molecule is CCN(CC(=O)O)C1CCN(C(=O)c2ccc([N+](=O)[O-])cc2C)CC1. The smallest absolute Gasteiger partial charge is 0.317 e. The van der Waals surface area contributed by atoms with Crippen LogP contribution in [-0.2, 0) is 4.79 Å². The number of aliphatic carboxylic acids is 1. The Labute approximate surface area is 146 Å². The van der Waals surface area contributed by atoms with Crippen molar-refractivity contribution < 1.29 is 19.6 Å². The number of nitrogens with zero attached hydrogens (tertiary/aromatic N) is 3. The molecule has 8 nitrogen and oxygen atoms in total. The summed E-state index contributed by atoms with van der Waals surface area (Å²) in [5.74, 6) is -0.978. The standard InChI is InChI=1S/C17H23N3O5/c1-3-18(11-16(21)22)13-6-8-19(9-7-13)17(23)15-5-4-14(20(24)25)10-12(15)2/h4-5,10,13H,3,6-9,11H2,1-2H3,(H,21,22). The van der Waals surface area contributed by atoms with E-state index in [1.165, 1.54) is 18.2 Å². The van der Waals surface area contributed by atoms with Crippen molar-refractivity contribution in [2.24, 2.45) is 0 Å². The Balaban J connectivity index is 2.01. The number of likely N-dealkylation sites (tertiary alicyclic amines) is 1. The van der Waals surface area contributed by atoms with Gasteiger partial charge in [-0.3, -0.25) is 24.6 Å². The average Bonchev–Trinajstić information content (AvgIpc) is 2.59. The minimum absolute atomic E-state index is 0.0105. The highest BCUT2D eigenvalue weighted by Gasteiger charge is 2.28. The number of carbonyl (C=O) groups excluding carboxylic acids is 1. The van der Waals surface area contributed by atoms with E-state index >= 15 is 0 Å². The van der Waals surface area contributed by atoms with Crippen molar-refractivity contribution in [2.75, 3.05) is 26.2 Å². The van der Waals surface area contributed by atoms with Gasteiger partial charge in [-0.15, -0.1) is 0 Å². The van der Waals surface area contributed by atoms with Gasteiger partial charge in [0.2, 0.25) is 0 Å². The number of non-ortho nitro benzene ring substituents is 1. The van der Waals surface area contributed by atoms with Gasteiger partial charge >= 0.3 is 5.97 Å². The second kappa shape index (κ2) is 8.06. The summed E-state index contributed by atoms with van der Waals surface area (Å²) in [4.78, 5) is 37.6. The van der Waals surface area contributed by atoms with Crippen LogP contribution in [-0.4, -0.2) is 63.9 Å². The molecule has 25 heavy (non-hydrogen) atoms. The third-order valence-electron chi connectivity index (χ3n) is 4.66. The van der Waals surface area contributed by atoms with Crippen LogP contribution in [0.4, 0.5) is 5.69 Å². The predicted octanol–water partition coefficient (Wildman–Crippen LogP) is 1.91. The van der Waals surface area contributed by atoms with E-state index in [2.05, 4.69) is 0 Å². The molecular formula is C17H23N3O5. The number of amides is 1. The van der Waals surface area contributed by atoms with E-state index in [-0.39, 0.29) is 24.2 Å². The molecule has 1 aromatic rings. The average molecular weight is 349 g/mol. The van der Waals surface area contributed by atoms with Crippen LogP contribution in [0.15, 0.2) is 18.2 Å². The summed E-state index contributed by atoms with van der Waals surface area (Å²) in [5, 5.41) is 19.8. The number of nitro groups is 1. The molecule has 0 atom stereocenters. The molecule has 8 heteroatoms. The molecule has 2 rings (SSSR count). The lowest BCUT2D eigenvalue weighted by Crippen LogP contribution is -2.48. The Morgan fingerprint density at radius 1 is 1.36 bits per heavy atom. The molecule has 0 radical (unpaired) electrons. The lowest BCUT2D eigenvalue weighted by molar-refractivity contribution is -0.384. The maximum absolute atomic E-state index is 12.7. The Hall–Kier alpha value is -2.48. The summed E-state index contributed by atoms with van der Waals surface area (Å²) in [5.41, 5.74) is 1.03. The highest BCUT2D eigenvalue weighted by molar-refractivity contribution is 5.96. The zero-order valence-electron chi connectivity index (χ0n) is 14.5. The molecule has 1 aliphatic heterocycles. The van der Waals surface area contributed by atoms with Crippen molar-refractivity contribution in [1.29, 1.82) is 0 Å². The van der Waals surface area contributed by atoms with E-state index in [0.717, 1.165) is 12.8 Å². The monoisotopic (exact) mass is 349 g/mol. The largest absolute Gasteiger partial charge is 0.480 e. The topological polar surface area (TPSA) is 104 Å². The van der Waals surface area contributed by atoms with Crippen LogP contribution in [0, 0.1) is 17.0 Å². The number of carbonyl (C=O) groups is 2. The summed E-state index contributed by atoms with van der Waals surface area (Å²) in [6.45, 7) is 5.40. The van der Waals surface area contributed by atoms with Gasteiger partial charge in [-0.05, 0) is 37.9 Å². The normalized spacial score (nSPS) is 15.4. The van der Waals surface area contributed by atoms with E-state index in [9.17, 15) is 19.7 Å². The second-order valence-electron chi connectivity index (χ2n) is 6.24. The molecule has 1 N–H and O–H groups in total. The highest BCUT2D eigenvalue weighted by atomic mass is 16.6. The Morgan fingerprint density at radius 2 is 2.00 bits per heavy atom. The number of benzene rings is 1. The van der Waals surface area contributed by atoms with Crippen LogP contribution in [0.2, 0.25) is 0 Å². The molecule has 0 aliphatic carbocycles. The van der Waals surface area contributed by atoms with Crippen molar-refractivity contribution in [3.8, 4) is 0 Å². The summed E-state index contributed by atoms with van der Waals surface area (Å²) >= 11 is 0. The van der Waals surface area contributed by atoms with Crippen LogP contribution in [0.25, 0.3) is 0 Å². The zero-order chi connectivity index (χ0) is 18.6. The number of aryl methyl sites for hydroxylation is 1. The predicted molar refractivity (Wildman–Crippen MR) is 91.6 cm³/mol. The molecule has 0 unspecified atom stereocenters. The van der Waals surface area contributed by atoms with E-state index in [1.807, 2.05) is 11.8 Å². The number of hydrogen-bond acceptors (Lipinski definition) is 5. The van der Waals surface area contributed by atoms with Crippen LogP contribution >= 0.6 is 0 Å². The van der Waals surface area contributed by atoms with Gasteiger partial charge in [0.15, 0.2) is 0 Å². The highest BCUT2D eigenvalue weighted by Crippen LogP contribution is 2.22. The molecule has 0 spiro atoms. The first-order chi connectivity index (χ1) is 11.8. The lowest BCUT2D eigenvalue weighted by Gasteiger charge is -2.37. The molecule has 1 amide bonds. The maximum atomic E-state index is 12.7. The van der Waals surface area contributed by atoms with E-state index in [1.54, 1.807) is 11.8 Å². The molecule has 136 valence electrons. The molecule has 1 fully saturated rings. The van der Waals surface area contributed by atoms with Gasteiger partial charge in [0.1, 0.15) is 0 Å². The maximum Gasteiger partial charge on any atom is 0.317 e. The van der Waals surface area contributed by atoms with Gasteiger partial charge in [-0.25, -0.2) is 0 Å². The van der Waals surface area contributed by atoms with E-state index < -0.39 is 10.9 Å². The number of carboxylic acid groups (broad SMARTS) is 1. The molecule has 1 aliphatic rings. The quantitative estimate of drug-likeness (QED) is 0.621. The van der Waals surface area contributed by atoms with Crippen LogP contribution in [0.3, 0.4) is 0 Å². The fourth-order valence-corrected chi connectivity index (χ4v) is 3.28. The molecule has 1 heterocycles. The fourth-order valence-electron chi connectivity index (χ4n) is 3.28. The second-order valence-corrected chi connectivity index (χ2v) is 6.24. The molecule has 0 saturated carbocycles. The van der Waals surface area contributed by atoms with Gasteiger partial charge in [-0.2, -0.15) is 0 Å². The summed E-state index contributed by atoms with van der Waals surface area (Å²) in [6, 6.07) is 4.41. The van der Waals surface area contributed by atoms with Crippen molar-refractivity contribution in [3.05, 3.63) is 39.4 Å². The fraction of sp³-hybridized carbons (Fsp3) is 0.529. The minimum Gasteiger partial charge on any atom is -0.480 e. The number of hydrogen-bond donors (Lipinski definition) is 1. The van der Waals surface area contributed by atoms with E-state index in [4.69, 9.17) is 5.11 Å². The number of piperidine rings is 1. The third kappa shape index (κ3) is 4.54. The number of nitro benzene ring substituents is 1. The van der Waals surface area contributed by atoms with E-state index in [0.29, 0.717) is 30.8 Å². The first-order valence-electron chi connectivity index (χ1n) is 8.33. The lowest BCUT2D eigenvalue weighted by atomic mass is 10.0. The molecular weight excluding hydrogens is 326 g/mol. The first kappa shape index (κ1) is 18.9. The van der Waals surface area contributed by atoms with Gasteiger partial charge in [-0.1, -0.05) is 6.92 Å². The van der Waals surface area contributed by atoms with Gasteiger partial charge in [0.25, 0.3) is 11.6 Å². The molecule has 1 aromatic carbocycles. The zero-order valence-corrected chi connectivity index (χ0v) is 14.5. The number of carboxylic acids is 1. The van der Waals surface area contributed by atoms with Gasteiger partial charge in [0.05, 0.1) is 11.5 Å². The molecule has 1 saturated heterocycles.